The summed E-state index contributed by atoms with van der Waals surface area (Å²) >= 11 is 1.68. The second-order valence-electron chi connectivity index (χ2n) is 4.04. The van der Waals surface area contributed by atoms with Crippen LogP contribution >= 0.6 is 11.8 Å². The quantitative estimate of drug-likeness (QED) is 0.562. The molecule has 0 fully saturated rings. The SMILES string of the molecule is C/C=C(/CSc1ccc(F)c(C)c1)N=C(C)C. The number of hydrogen-bond donors (Lipinski definition) is 0. The molecule has 0 heterocycles. The predicted octanol–water partition coefficient (Wildman–Crippen LogP) is 4.61. The third-order valence-electron chi connectivity index (χ3n) is 2.22. The molecule has 0 aromatic heterocycles. The molecule has 1 aromatic carbocycles. The molecule has 0 radical (unpaired) electrons. The van der Waals surface area contributed by atoms with Crippen molar-refractivity contribution < 1.29 is 4.39 Å². The van der Waals surface area contributed by atoms with E-state index in [1.165, 1.54) is 6.07 Å². The first kappa shape index (κ1) is 14.0. The van der Waals surface area contributed by atoms with Crippen molar-refractivity contribution in [2.45, 2.75) is 32.6 Å². The van der Waals surface area contributed by atoms with Crippen molar-refractivity contribution in [2.75, 3.05) is 5.75 Å². The Kier molecular flexibility index (Phi) is 5.42. The van der Waals surface area contributed by atoms with E-state index in [0.717, 1.165) is 22.1 Å². The molecule has 0 aliphatic rings. The first-order chi connectivity index (χ1) is 8.02. The van der Waals surface area contributed by atoms with Crippen LogP contribution in [0.15, 0.2) is 39.9 Å². The maximum Gasteiger partial charge on any atom is 0.126 e. The number of halogens is 1. The van der Waals surface area contributed by atoms with Crippen LogP contribution in [-0.2, 0) is 0 Å². The fourth-order valence-electron chi connectivity index (χ4n) is 1.33. The van der Waals surface area contributed by atoms with E-state index in [2.05, 4.69) is 4.99 Å². The Hall–Kier alpha value is -1.09. The zero-order chi connectivity index (χ0) is 12.8. The largest absolute Gasteiger partial charge is 0.262 e. The standard InChI is InChI=1S/C14H18FNS/c1-5-12(16-10(2)3)9-17-13-6-7-14(15)11(4)8-13/h5-8H,9H2,1-4H3/b12-5-. The Balaban J connectivity index is 2.67. The van der Waals surface area contributed by atoms with Gasteiger partial charge in [-0.1, -0.05) is 6.08 Å². The second-order valence-corrected chi connectivity index (χ2v) is 5.09. The number of aryl methyl sites for hydroxylation is 1. The molecule has 0 saturated heterocycles. The van der Waals surface area contributed by atoms with Gasteiger partial charge in [0.15, 0.2) is 0 Å². The van der Waals surface area contributed by atoms with E-state index in [0.29, 0.717) is 5.56 Å². The Morgan fingerprint density at radius 2 is 2.12 bits per heavy atom. The molecule has 0 aliphatic heterocycles. The minimum Gasteiger partial charge on any atom is -0.262 e. The van der Waals surface area contributed by atoms with Gasteiger partial charge in [-0.3, -0.25) is 4.99 Å². The molecule has 0 bridgehead atoms. The molecule has 0 atom stereocenters. The van der Waals surface area contributed by atoms with Gasteiger partial charge in [-0.25, -0.2) is 4.39 Å². The lowest BCUT2D eigenvalue weighted by Crippen LogP contribution is -1.89. The Morgan fingerprint density at radius 3 is 2.65 bits per heavy atom. The van der Waals surface area contributed by atoms with Crippen LogP contribution in [0.5, 0.6) is 0 Å². The molecule has 1 nitrogen and oxygen atoms in total. The lowest BCUT2D eigenvalue weighted by atomic mass is 10.2. The highest BCUT2D eigenvalue weighted by Crippen LogP contribution is 2.23. The maximum absolute atomic E-state index is 13.1. The lowest BCUT2D eigenvalue weighted by molar-refractivity contribution is 0.617. The first-order valence-electron chi connectivity index (χ1n) is 5.59. The van der Waals surface area contributed by atoms with E-state index in [-0.39, 0.29) is 5.82 Å². The fraction of sp³-hybridized carbons (Fsp3) is 0.357. The summed E-state index contributed by atoms with van der Waals surface area (Å²) < 4.78 is 13.1. The average molecular weight is 251 g/mol. The van der Waals surface area contributed by atoms with Crippen molar-refractivity contribution in [1.82, 2.24) is 0 Å². The van der Waals surface area contributed by atoms with Crippen LogP contribution in [-0.4, -0.2) is 11.5 Å². The smallest absolute Gasteiger partial charge is 0.126 e. The van der Waals surface area contributed by atoms with E-state index in [9.17, 15) is 4.39 Å². The van der Waals surface area contributed by atoms with Crippen molar-refractivity contribution in [1.29, 1.82) is 0 Å². The highest BCUT2D eigenvalue weighted by molar-refractivity contribution is 7.99. The van der Waals surface area contributed by atoms with E-state index in [4.69, 9.17) is 0 Å². The number of hydrogen-bond acceptors (Lipinski definition) is 2. The van der Waals surface area contributed by atoms with Gasteiger partial charge in [-0.05, 0) is 51.5 Å². The Labute approximate surface area is 107 Å². The number of benzene rings is 1. The Morgan fingerprint density at radius 1 is 1.41 bits per heavy atom. The molecule has 92 valence electrons. The molecule has 0 spiro atoms. The number of thioether (sulfide) groups is 1. The highest BCUT2D eigenvalue weighted by Gasteiger charge is 2.01. The molecule has 0 saturated carbocycles. The van der Waals surface area contributed by atoms with Gasteiger partial charge in [0.2, 0.25) is 0 Å². The van der Waals surface area contributed by atoms with Crippen LogP contribution in [0, 0.1) is 12.7 Å². The molecule has 0 unspecified atom stereocenters. The minimum absolute atomic E-state index is 0.150. The summed E-state index contributed by atoms with van der Waals surface area (Å²) in [5.74, 6) is 0.662. The molecule has 17 heavy (non-hydrogen) atoms. The van der Waals surface area contributed by atoms with Gasteiger partial charge in [0.25, 0.3) is 0 Å². The molecular weight excluding hydrogens is 233 g/mol. The molecule has 1 rings (SSSR count). The summed E-state index contributed by atoms with van der Waals surface area (Å²) in [4.78, 5) is 5.51. The van der Waals surface area contributed by atoms with Crippen LogP contribution in [0.3, 0.4) is 0 Å². The lowest BCUT2D eigenvalue weighted by Gasteiger charge is -2.04. The molecule has 3 heteroatoms. The molecular formula is C14H18FNS. The van der Waals surface area contributed by atoms with Gasteiger partial charge >= 0.3 is 0 Å². The third-order valence-corrected chi connectivity index (χ3v) is 3.24. The summed E-state index contributed by atoms with van der Waals surface area (Å²) in [7, 11) is 0. The van der Waals surface area contributed by atoms with Crippen molar-refractivity contribution in [3.05, 3.63) is 41.4 Å². The second kappa shape index (κ2) is 6.60. The van der Waals surface area contributed by atoms with Gasteiger partial charge in [-0.15, -0.1) is 11.8 Å². The zero-order valence-corrected chi connectivity index (χ0v) is 11.6. The van der Waals surface area contributed by atoms with Crippen LogP contribution < -0.4 is 0 Å². The van der Waals surface area contributed by atoms with Crippen molar-refractivity contribution >= 4 is 17.5 Å². The van der Waals surface area contributed by atoms with Crippen LogP contribution in [0.1, 0.15) is 26.3 Å². The van der Waals surface area contributed by atoms with Crippen molar-refractivity contribution in [3.63, 3.8) is 0 Å². The molecule has 0 aliphatic carbocycles. The van der Waals surface area contributed by atoms with E-state index in [1.807, 2.05) is 39.0 Å². The Bertz CT molecular complexity index is 446. The number of rotatable bonds is 4. The third kappa shape index (κ3) is 4.73. The number of allylic oxidation sites excluding steroid dienone is 1. The monoisotopic (exact) mass is 251 g/mol. The summed E-state index contributed by atoms with van der Waals surface area (Å²) in [5.41, 5.74) is 2.79. The van der Waals surface area contributed by atoms with Crippen molar-refractivity contribution in [2.24, 2.45) is 4.99 Å². The first-order valence-corrected chi connectivity index (χ1v) is 6.57. The van der Waals surface area contributed by atoms with E-state index < -0.39 is 0 Å². The summed E-state index contributed by atoms with van der Waals surface area (Å²) in [6.07, 6.45) is 2.01. The van der Waals surface area contributed by atoms with E-state index >= 15 is 0 Å². The van der Waals surface area contributed by atoms with Gasteiger partial charge < -0.3 is 0 Å². The molecule has 1 aromatic rings. The topological polar surface area (TPSA) is 12.4 Å². The summed E-state index contributed by atoms with van der Waals surface area (Å²) in [5, 5.41) is 0. The number of nitrogens with zero attached hydrogens (tertiary/aromatic N) is 1. The normalized spacial score (nSPS) is 11.5. The zero-order valence-electron chi connectivity index (χ0n) is 10.7. The number of aliphatic imine (C=N–C) groups is 1. The van der Waals surface area contributed by atoms with Crippen LogP contribution in [0.25, 0.3) is 0 Å². The van der Waals surface area contributed by atoms with Gasteiger partial charge in [-0.2, -0.15) is 0 Å². The fourth-order valence-corrected chi connectivity index (χ4v) is 2.30. The highest BCUT2D eigenvalue weighted by atomic mass is 32.2. The average Bonchev–Trinajstić information content (AvgIpc) is 2.28. The van der Waals surface area contributed by atoms with E-state index in [1.54, 1.807) is 18.7 Å². The minimum atomic E-state index is -0.150. The summed E-state index contributed by atoms with van der Waals surface area (Å²) in [6.45, 7) is 7.73. The van der Waals surface area contributed by atoms with Crippen LogP contribution in [0.4, 0.5) is 4.39 Å². The van der Waals surface area contributed by atoms with Gasteiger partial charge in [0.1, 0.15) is 5.82 Å². The molecule has 0 amide bonds. The van der Waals surface area contributed by atoms with Gasteiger partial charge in [0.05, 0.1) is 0 Å². The van der Waals surface area contributed by atoms with Crippen molar-refractivity contribution in [3.8, 4) is 0 Å². The summed E-state index contributed by atoms with van der Waals surface area (Å²) in [6, 6.07) is 5.19. The predicted molar refractivity (Wildman–Crippen MR) is 74.4 cm³/mol. The van der Waals surface area contributed by atoms with Gasteiger partial charge in [0, 0.05) is 22.1 Å². The molecule has 0 N–H and O–H groups in total. The maximum atomic E-state index is 13.1. The van der Waals surface area contributed by atoms with Crippen LogP contribution in [0.2, 0.25) is 0 Å².